The van der Waals surface area contributed by atoms with Crippen molar-refractivity contribution in [3.63, 3.8) is 0 Å². The summed E-state index contributed by atoms with van der Waals surface area (Å²) in [4.78, 5) is 2.16. The molecule has 126 valence electrons. The van der Waals surface area contributed by atoms with Gasteiger partial charge in [0, 0.05) is 18.2 Å². The number of ether oxygens (including phenoxy) is 1. The molecule has 0 aliphatic rings. The summed E-state index contributed by atoms with van der Waals surface area (Å²) in [6.07, 6.45) is 0. The molecule has 0 aliphatic heterocycles. The van der Waals surface area contributed by atoms with Gasteiger partial charge in [0.2, 0.25) is 0 Å². The van der Waals surface area contributed by atoms with Gasteiger partial charge in [0.15, 0.2) is 5.60 Å². The topological polar surface area (TPSA) is 12.5 Å². The number of rotatable bonds is 5. The van der Waals surface area contributed by atoms with Gasteiger partial charge in [0.25, 0.3) is 0 Å². The zero-order valence-corrected chi connectivity index (χ0v) is 15.3. The minimum Gasteiger partial charge on any atom is -0.357 e. The Morgan fingerprint density at radius 3 is 1.67 bits per heavy atom. The monoisotopic (exact) mass is 321 g/mol. The molecule has 0 radical (unpaired) electrons. The Labute approximate surface area is 146 Å². The van der Waals surface area contributed by atoms with E-state index in [0.29, 0.717) is 5.92 Å². The highest BCUT2D eigenvalue weighted by Crippen LogP contribution is 2.32. The Kier molecular flexibility index (Phi) is 6.20. The molecule has 0 heterocycles. The second-order valence-corrected chi connectivity index (χ2v) is 6.54. The summed E-state index contributed by atoms with van der Waals surface area (Å²) < 4.78 is 6.03. The lowest BCUT2D eigenvalue weighted by Crippen LogP contribution is -2.33. The zero-order valence-electron chi connectivity index (χ0n) is 15.3. The normalized spacial score (nSPS) is 12.8. The van der Waals surface area contributed by atoms with Crippen LogP contribution in [0, 0.1) is 17.8 Å². The maximum Gasteiger partial charge on any atom is 0.179 e. The highest BCUT2D eigenvalue weighted by atomic mass is 16.5. The summed E-state index contributed by atoms with van der Waals surface area (Å²) in [6.45, 7) is 4.39. The summed E-state index contributed by atoms with van der Waals surface area (Å²) in [5.41, 5.74) is 1.34. The number of hydrogen-bond donors (Lipinski definition) is 0. The molecular weight excluding hydrogens is 294 g/mol. The average molecular weight is 321 g/mol. The van der Waals surface area contributed by atoms with Gasteiger partial charge in [-0.2, -0.15) is 0 Å². The summed E-state index contributed by atoms with van der Waals surface area (Å²) >= 11 is 0. The van der Waals surface area contributed by atoms with Crippen LogP contribution < -0.4 is 0 Å². The fraction of sp³-hybridized carbons (Fsp3) is 0.364. The van der Waals surface area contributed by atoms with E-state index in [0.717, 1.165) is 11.1 Å². The van der Waals surface area contributed by atoms with E-state index in [-0.39, 0.29) is 6.04 Å². The van der Waals surface area contributed by atoms with Crippen molar-refractivity contribution in [2.45, 2.75) is 25.5 Å². The van der Waals surface area contributed by atoms with E-state index in [4.69, 9.17) is 4.74 Å². The molecule has 0 unspecified atom stereocenters. The van der Waals surface area contributed by atoms with E-state index in [2.05, 4.69) is 68.9 Å². The van der Waals surface area contributed by atoms with Crippen LogP contribution in [0.15, 0.2) is 60.7 Å². The molecule has 0 saturated carbocycles. The second kappa shape index (κ2) is 8.15. The number of hydrogen-bond acceptors (Lipinski definition) is 2. The van der Waals surface area contributed by atoms with Crippen LogP contribution >= 0.6 is 0 Å². The van der Waals surface area contributed by atoms with Gasteiger partial charge in [-0.3, -0.25) is 4.90 Å². The number of methoxy groups -OCH3 is 1. The molecule has 0 spiro atoms. The molecule has 2 aromatic rings. The molecule has 0 fully saturated rings. The minimum absolute atomic E-state index is 0.173. The molecule has 1 atom stereocenters. The molecule has 0 bridgehead atoms. The van der Waals surface area contributed by atoms with Gasteiger partial charge in [-0.25, -0.2) is 0 Å². The third kappa shape index (κ3) is 3.87. The van der Waals surface area contributed by atoms with Crippen molar-refractivity contribution in [2.75, 3.05) is 21.2 Å². The fourth-order valence-corrected chi connectivity index (χ4v) is 3.01. The maximum atomic E-state index is 6.03. The Morgan fingerprint density at radius 1 is 0.875 bits per heavy atom. The van der Waals surface area contributed by atoms with Gasteiger partial charge in [-0.15, -0.1) is 0 Å². The average Bonchev–Trinajstić information content (AvgIpc) is 2.60. The van der Waals surface area contributed by atoms with Crippen molar-refractivity contribution in [3.05, 3.63) is 71.8 Å². The number of benzene rings is 2. The predicted octanol–water partition coefficient (Wildman–Crippen LogP) is 4.17. The van der Waals surface area contributed by atoms with Gasteiger partial charge < -0.3 is 4.74 Å². The zero-order chi connectivity index (χ0) is 17.6. The SMILES string of the molecule is COC(C#C[C@H](C(C)C)N(C)C)(c1ccccc1)c1ccccc1. The van der Waals surface area contributed by atoms with E-state index < -0.39 is 5.60 Å². The first-order valence-electron chi connectivity index (χ1n) is 8.36. The molecule has 0 aliphatic carbocycles. The summed E-state index contributed by atoms with van der Waals surface area (Å²) in [5, 5.41) is 0. The van der Waals surface area contributed by atoms with Gasteiger partial charge in [-0.1, -0.05) is 86.4 Å². The van der Waals surface area contributed by atoms with Gasteiger partial charge in [0.1, 0.15) is 0 Å². The van der Waals surface area contributed by atoms with Gasteiger partial charge >= 0.3 is 0 Å². The second-order valence-electron chi connectivity index (χ2n) is 6.54. The van der Waals surface area contributed by atoms with Crippen molar-refractivity contribution in [2.24, 2.45) is 5.92 Å². The van der Waals surface area contributed by atoms with Gasteiger partial charge in [-0.05, 0) is 20.0 Å². The molecule has 0 amide bonds. The summed E-state index contributed by atoms with van der Waals surface area (Å²) in [7, 11) is 5.87. The van der Waals surface area contributed by atoms with Crippen LogP contribution in [0.25, 0.3) is 0 Å². The lowest BCUT2D eigenvalue weighted by atomic mass is 9.86. The summed E-state index contributed by atoms with van der Waals surface area (Å²) in [5.74, 6) is 7.36. The van der Waals surface area contributed by atoms with E-state index >= 15 is 0 Å². The van der Waals surface area contributed by atoms with E-state index in [1.54, 1.807) is 7.11 Å². The summed E-state index contributed by atoms with van der Waals surface area (Å²) in [6, 6.07) is 20.6. The van der Waals surface area contributed by atoms with Crippen LogP contribution in [0.4, 0.5) is 0 Å². The first kappa shape index (κ1) is 18.3. The first-order valence-corrected chi connectivity index (χ1v) is 8.36. The molecule has 2 heteroatoms. The maximum absolute atomic E-state index is 6.03. The molecule has 24 heavy (non-hydrogen) atoms. The highest BCUT2D eigenvalue weighted by molar-refractivity contribution is 5.45. The van der Waals surface area contributed by atoms with Crippen LogP contribution in [0.5, 0.6) is 0 Å². The Morgan fingerprint density at radius 2 is 1.33 bits per heavy atom. The van der Waals surface area contributed by atoms with Crippen molar-refractivity contribution >= 4 is 0 Å². The van der Waals surface area contributed by atoms with Crippen LogP contribution in [0.3, 0.4) is 0 Å². The van der Waals surface area contributed by atoms with Crippen molar-refractivity contribution < 1.29 is 4.74 Å². The lowest BCUT2D eigenvalue weighted by molar-refractivity contribution is 0.0739. The van der Waals surface area contributed by atoms with Crippen LogP contribution in [0.2, 0.25) is 0 Å². The standard InChI is InChI=1S/C22H27NO/c1-18(2)21(23(3)4)16-17-22(24-5,19-12-8-6-9-13-19)20-14-10-7-11-15-20/h6-15,18,21H,1-5H3/t21-/m1/s1. The Hall–Kier alpha value is -2.08. The molecular formula is C22H27NO. The molecule has 2 rings (SSSR count). The third-order valence-corrected chi connectivity index (χ3v) is 4.25. The van der Waals surface area contributed by atoms with Gasteiger partial charge in [0.05, 0.1) is 6.04 Å². The van der Waals surface area contributed by atoms with E-state index in [9.17, 15) is 0 Å². The number of nitrogens with zero attached hydrogens (tertiary/aromatic N) is 1. The van der Waals surface area contributed by atoms with E-state index in [1.807, 2.05) is 36.4 Å². The molecule has 2 aromatic carbocycles. The van der Waals surface area contributed by atoms with Crippen molar-refractivity contribution in [1.29, 1.82) is 0 Å². The predicted molar refractivity (Wildman–Crippen MR) is 101 cm³/mol. The molecule has 0 saturated heterocycles. The largest absolute Gasteiger partial charge is 0.357 e. The lowest BCUT2D eigenvalue weighted by Gasteiger charge is -2.29. The molecule has 2 nitrogen and oxygen atoms in total. The third-order valence-electron chi connectivity index (χ3n) is 4.25. The first-order chi connectivity index (χ1) is 11.5. The quantitative estimate of drug-likeness (QED) is 0.767. The fourth-order valence-electron chi connectivity index (χ4n) is 3.01. The van der Waals surface area contributed by atoms with Crippen LogP contribution in [-0.2, 0) is 10.3 Å². The van der Waals surface area contributed by atoms with E-state index in [1.165, 1.54) is 0 Å². The Bertz CT molecular complexity index is 633. The smallest absolute Gasteiger partial charge is 0.179 e. The van der Waals surface area contributed by atoms with Crippen LogP contribution in [0.1, 0.15) is 25.0 Å². The Balaban J connectivity index is 2.60. The molecule has 0 aromatic heterocycles. The van der Waals surface area contributed by atoms with Crippen molar-refractivity contribution in [1.82, 2.24) is 4.90 Å². The van der Waals surface area contributed by atoms with Crippen LogP contribution in [-0.4, -0.2) is 32.1 Å². The highest BCUT2D eigenvalue weighted by Gasteiger charge is 2.32. The van der Waals surface area contributed by atoms with Crippen molar-refractivity contribution in [3.8, 4) is 11.8 Å². The minimum atomic E-state index is -0.758. The molecule has 0 N–H and O–H groups in total.